The SMILES string of the molecule is CC1CCC(CNC(=O)c2cc(-c3ccc(N4CCN(C)CC4)nc3)nc3c2cnn3C(C)C)C(=O)N1. The molecule has 2 unspecified atom stereocenters. The van der Waals surface area contributed by atoms with Gasteiger partial charge >= 0.3 is 0 Å². The lowest BCUT2D eigenvalue weighted by atomic mass is 9.94. The molecule has 37 heavy (non-hydrogen) atoms. The lowest BCUT2D eigenvalue weighted by Gasteiger charge is -2.33. The first kappa shape index (κ1) is 25.1. The first-order valence-electron chi connectivity index (χ1n) is 13.2. The summed E-state index contributed by atoms with van der Waals surface area (Å²) in [6.07, 6.45) is 5.20. The molecular formula is C27H36N8O2. The predicted octanol–water partition coefficient (Wildman–Crippen LogP) is 2.47. The van der Waals surface area contributed by atoms with Crippen LogP contribution in [-0.4, -0.2) is 82.3 Å². The summed E-state index contributed by atoms with van der Waals surface area (Å²) in [6.45, 7) is 10.3. The first-order valence-corrected chi connectivity index (χ1v) is 13.2. The number of anilines is 1. The normalized spacial score (nSPS) is 20.9. The molecule has 10 nitrogen and oxygen atoms in total. The van der Waals surface area contributed by atoms with Gasteiger partial charge in [0.2, 0.25) is 5.91 Å². The number of carbonyl (C=O) groups excluding carboxylic acids is 2. The van der Waals surface area contributed by atoms with Gasteiger partial charge in [-0.3, -0.25) is 9.59 Å². The molecule has 0 aliphatic carbocycles. The zero-order chi connectivity index (χ0) is 26.1. The number of piperazine rings is 1. The molecule has 0 radical (unpaired) electrons. The van der Waals surface area contributed by atoms with Gasteiger partial charge in [0.05, 0.1) is 28.8 Å². The standard InChI is InChI=1S/C27H36N8O2/c1-17(2)35-25-22(16-30-35)21(27(37)29-15-20-6-5-18(3)31-26(20)36)13-23(32-25)19-7-8-24(28-14-19)34-11-9-33(4)10-12-34/h7-8,13-14,16-18,20H,5-6,9-12,15H2,1-4H3,(H,29,37)(H,31,36). The number of hydrogen-bond acceptors (Lipinski definition) is 7. The van der Waals surface area contributed by atoms with Crippen molar-refractivity contribution in [2.45, 2.75) is 45.7 Å². The number of carbonyl (C=O) groups is 2. The first-order chi connectivity index (χ1) is 17.8. The highest BCUT2D eigenvalue weighted by Gasteiger charge is 2.27. The van der Waals surface area contributed by atoms with Gasteiger partial charge in [0, 0.05) is 56.6 Å². The summed E-state index contributed by atoms with van der Waals surface area (Å²) >= 11 is 0. The molecule has 0 bridgehead atoms. The van der Waals surface area contributed by atoms with Gasteiger partial charge < -0.3 is 20.4 Å². The maximum atomic E-state index is 13.4. The van der Waals surface area contributed by atoms with Crippen LogP contribution in [0.1, 0.15) is 50.0 Å². The minimum absolute atomic E-state index is 0.00115. The average Bonchev–Trinajstić information content (AvgIpc) is 3.32. The van der Waals surface area contributed by atoms with E-state index in [1.807, 2.05) is 43.8 Å². The highest BCUT2D eigenvalue weighted by Crippen LogP contribution is 2.27. The summed E-state index contributed by atoms with van der Waals surface area (Å²) in [6, 6.07) is 6.11. The van der Waals surface area contributed by atoms with Gasteiger partial charge in [0.15, 0.2) is 5.65 Å². The molecule has 2 aliphatic rings. The van der Waals surface area contributed by atoms with Gasteiger partial charge in [-0.2, -0.15) is 5.10 Å². The number of piperidine rings is 1. The van der Waals surface area contributed by atoms with Crippen LogP contribution < -0.4 is 15.5 Å². The zero-order valence-electron chi connectivity index (χ0n) is 22.1. The number of aromatic nitrogens is 4. The van der Waals surface area contributed by atoms with E-state index in [2.05, 4.69) is 32.6 Å². The Balaban J connectivity index is 1.42. The Morgan fingerprint density at radius 1 is 1.16 bits per heavy atom. The Bertz CT molecular complexity index is 1280. The molecule has 196 valence electrons. The Morgan fingerprint density at radius 2 is 1.95 bits per heavy atom. The van der Waals surface area contributed by atoms with E-state index in [-0.39, 0.29) is 29.8 Å². The van der Waals surface area contributed by atoms with Crippen molar-refractivity contribution in [1.29, 1.82) is 0 Å². The molecule has 2 fully saturated rings. The number of amides is 2. The van der Waals surface area contributed by atoms with Crippen LogP contribution in [0.25, 0.3) is 22.3 Å². The van der Waals surface area contributed by atoms with Crippen molar-refractivity contribution in [3.8, 4) is 11.3 Å². The smallest absolute Gasteiger partial charge is 0.252 e. The molecule has 0 saturated carbocycles. The van der Waals surface area contributed by atoms with Crippen LogP contribution in [0.15, 0.2) is 30.6 Å². The highest BCUT2D eigenvalue weighted by atomic mass is 16.2. The molecule has 2 atom stereocenters. The van der Waals surface area contributed by atoms with E-state index in [1.54, 1.807) is 12.3 Å². The Hall–Kier alpha value is -3.53. The van der Waals surface area contributed by atoms with E-state index in [4.69, 9.17) is 9.97 Å². The summed E-state index contributed by atoms with van der Waals surface area (Å²) in [7, 11) is 2.13. The van der Waals surface area contributed by atoms with Gasteiger partial charge in [-0.25, -0.2) is 14.6 Å². The second-order valence-corrected chi connectivity index (χ2v) is 10.6. The molecular weight excluding hydrogens is 468 g/mol. The summed E-state index contributed by atoms with van der Waals surface area (Å²) < 4.78 is 1.83. The molecule has 3 aromatic rings. The number of nitrogens with zero attached hydrogens (tertiary/aromatic N) is 6. The number of likely N-dealkylation sites (N-methyl/N-ethyl adjacent to an activating group) is 1. The average molecular weight is 505 g/mol. The molecule has 3 aromatic heterocycles. The van der Waals surface area contributed by atoms with Gasteiger partial charge in [-0.1, -0.05) is 0 Å². The molecule has 0 spiro atoms. The van der Waals surface area contributed by atoms with E-state index in [0.29, 0.717) is 28.8 Å². The minimum Gasteiger partial charge on any atom is -0.354 e. The quantitative estimate of drug-likeness (QED) is 0.531. The molecule has 0 aromatic carbocycles. The van der Waals surface area contributed by atoms with Gasteiger partial charge in [-0.15, -0.1) is 0 Å². The van der Waals surface area contributed by atoms with Crippen LogP contribution in [0.5, 0.6) is 0 Å². The van der Waals surface area contributed by atoms with Crippen molar-refractivity contribution in [2.24, 2.45) is 5.92 Å². The second kappa shape index (κ2) is 10.5. The number of rotatable bonds is 6. The van der Waals surface area contributed by atoms with Crippen LogP contribution in [0.4, 0.5) is 5.82 Å². The van der Waals surface area contributed by atoms with Crippen LogP contribution in [0, 0.1) is 5.92 Å². The third-order valence-electron chi connectivity index (χ3n) is 7.39. The van der Waals surface area contributed by atoms with Crippen molar-refractivity contribution < 1.29 is 9.59 Å². The van der Waals surface area contributed by atoms with Crippen LogP contribution in [-0.2, 0) is 4.79 Å². The molecule has 5 heterocycles. The van der Waals surface area contributed by atoms with E-state index in [9.17, 15) is 9.59 Å². The maximum Gasteiger partial charge on any atom is 0.252 e. The van der Waals surface area contributed by atoms with Crippen molar-refractivity contribution >= 4 is 28.7 Å². The third-order valence-corrected chi connectivity index (χ3v) is 7.39. The number of nitrogens with one attached hydrogen (secondary N) is 2. The molecule has 2 N–H and O–H groups in total. The number of pyridine rings is 2. The summed E-state index contributed by atoms with van der Waals surface area (Å²) in [4.78, 5) is 39.9. The second-order valence-electron chi connectivity index (χ2n) is 10.6. The van der Waals surface area contributed by atoms with E-state index < -0.39 is 0 Å². The molecule has 10 heteroatoms. The maximum absolute atomic E-state index is 13.4. The lowest BCUT2D eigenvalue weighted by molar-refractivity contribution is -0.127. The van der Waals surface area contributed by atoms with E-state index in [1.165, 1.54) is 0 Å². The van der Waals surface area contributed by atoms with Gasteiger partial charge in [0.1, 0.15) is 5.82 Å². The van der Waals surface area contributed by atoms with Gasteiger partial charge in [-0.05, 0) is 58.9 Å². The van der Waals surface area contributed by atoms with Crippen molar-refractivity contribution in [3.63, 3.8) is 0 Å². The summed E-state index contributed by atoms with van der Waals surface area (Å²) in [5.74, 6) is 0.494. The fraction of sp³-hybridized carbons (Fsp3) is 0.519. The Morgan fingerprint density at radius 3 is 2.62 bits per heavy atom. The third kappa shape index (κ3) is 5.29. The topological polar surface area (TPSA) is 108 Å². The Kier molecular flexibility index (Phi) is 7.10. The number of hydrogen-bond donors (Lipinski definition) is 2. The van der Waals surface area contributed by atoms with Crippen LogP contribution >= 0.6 is 0 Å². The van der Waals surface area contributed by atoms with E-state index in [0.717, 1.165) is 50.4 Å². The van der Waals surface area contributed by atoms with Crippen LogP contribution in [0.3, 0.4) is 0 Å². The van der Waals surface area contributed by atoms with Crippen molar-refractivity contribution in [3.05, 3.63) is 36.2 Å². The highest BCUT2D eigenvalue weighted by molar-refractivity contribution is 6.06. The summed E-state index contributed by atoms with van der Waals surface area (Å²) in [5.41, 5.74) is 2.66. The molecule has 2 amide bonds. The zero-order valence-corrected chi connectivity index (χ0v) is 22.1. The Labute approximate surface area is 217 Å². The van der Waals surface area contributed by atoms with E-state index >= 15 is 0 Å². The predicted molar refractivity (Wildman–Crippen MR) is 144 cm³/mol. The number of fused-ring (bicyclic) bond motifs is 1. The van der Waals surface area contributed by atoms with Crippen molar-refractivity contribution in [1.82, 2.24) is 35.3 Å². The molecule has 2 aliphatic heterocycles. The molecule has 5 rings (SSSR count). The fourth-order valence-electron chi connectivity index (χ4n) is 5.01. The fourth-order valence-corrected chi connectivity index (χ4v) is 5.01. The summed E-state index contributed by atoms with van der Waals surface area (Å²) in [5, 5.41) is 11.2. The van der Waals surface area contributed by atoms with Crippen molar-refractivity contribution in [2.75, 3.05) is 44.7 Å². The minimum atomic E-state index is -0.231. The van der Waals surface area contributed by atoms with Gasteiger partial charge in [0.25, 0.3) is 5.91 Å². The largest absolute Gasteiger partial charge is 0.354 e. The lowest BCUT2D eigenvalue weighted by Crippen LogP contribution is -2.46. The van der Waals surface area contributed by atoms with Crippen LogP contribution in [0.2, 0.25) is 0 Å². The molecule has 2 saturated heterocycles. The monoisotopic (exact) mass is 504 g/mol.